The lowest BCUT2D eigenvalue weighted by Crippen LogP contribution is -2.18. The summed E-state index contributed by atoms with van der Waals surface area (Å²) in [4.78, 5) is 15.8. The molecule has 1 aromatic heterocycles. The van der Waals surface area contributed by atoms with Crippen LogP contribution in [-0.2, 0) is 17.8 Å². The van der Waals surface area contributed by atoms with E-state index in [2.05, 4.69) is 24.1 Å². The highest BCUT2D eigenvalue weighted by atomic mass is 32.1. The lowest BCUT2D eigenvalue weighted by atomic mass is 10.2. The quantitative estimate of drug-likeness (QED) is 0.799. The monoisotopic (exact) mass is 242 g/mol. The molecule has 0 bridgehead atoms. The molecular formula is C11H18N2O2S. The van der Waals surface area contributed by atoms with Crippen LogP contribution >= 0.6 is 11.3 Å². The van der Waals surface area contributed by atoms with Gasteiger partial charge >= 0.3 is 5.97 Å². The highest BCUT2D eigenvalue weighted by Crippen LogP contribution is 2.18. The second-order valence-electron chi connectivity index (χ2n) is 4.21. The zero-order valence-electron chi connectivity index (χ0n) is 9.91. The number of aromatic nitrogens is 1. The molecule has 1 heterocycles. The Morgan fingerprint density at radius 2 is 2.25 bits per heavy atom. The number of hydrogen-bond donors (Lipinski definition) is 2. The lowest BCUT2D eigenvalue weighted by molar-refractivity contribution is -0.136. The number of nitrogens with one attached hydrogen (secondary N) is 1. The van der Waals surface area contributed by atoms with Gasteiger partial charge in [0.2, 0.25) is 0 Å². The summed E-state index contributed by atoms with van der Waals surface area (Å²) in [5.41, 5.74) is 0.841. The summed E-state index contributed by atoms with van der Waals surface area (Å²) in [6.45, 7) is 7.84. The van der Waals surface area contributed by atoms with E-state index in [1.165, 1.54) is 11.3 Å². The van der Waals surface area contributed by atoms with Gasteiger partial charge in [-0.05, 0) is 19.4 Å². The molecule has 5 heteroatoms. The number of aliphatic carboxylic acids is 1. The fraction of sp³-hybridized carbons (Fsp3) is 0.636. The maximum Gasteiger partial charge on any atom is 0.308 e. The minimum Gasteiger partial charge on any atom is -0.481 e. The maximum atomic E-state index is 10.6. The van der Waals surface area contributed by atoms with Crippen LogP contribution in [-0.4, -0.2) is 22.6 Å². The van der Waals surface area contributed by atoms with E-state index in [0.717, 1.165) is 28.7 Å². The van der Waals surface area contributed by atoms with Crippen LogP contribution in [0.3, 0.4) is 0 Å². The first-order valence-corrected chi connectivity index (χ1v) is 6.18. The molecule has 0 aromatic carbocycles. The first-order chi connectivity index (χ1) is 7.49. The van der Waals surface area contributed by atoms with Gasteiger partial charge in [-0.2, -0.15) is 0 Å². The molecule has 0 spiro atoms. The number of carboxylic acids is 1. The third-order valence-corrected chi connectivity index (χ3v) is 3.23. The Kier molecular flexibility index (Phi) is 4.89. The smallest absolute Gasteiger partial charge is 0.308 e. The lowest BCUT2D eigenvalue weighted by Gasteiger charge is -2.04. The van der Waals surface area contributed by atoms with Gasteiger partial charge in [0, 0.05) is 11.4 Å². The third-order valence-electron chi connectivity index (χ3n) is 2.08. The van der Waals surface area contributed by atoms with Gasteiger partial charge in [-0.15, -0.1) is 11.3 Å². The second-order valence-corrected chi connectivity index (χ2v) is 5.38. The molecule has 0 aliphatic heterocycles. The number of rotatable bonds is 6. The first kappa shape index (κ1) is 13.1. The van der Waals surface area contributed by atoms with Crippen LogP contribution in [0.1, 0.15) is 29.4 Å². The van der Waals surface area contributed by atoms with Crippen molar-refractivity contribution in [3.05, 3.63) is 15.6 Å². The highest BCUT2D eigenvalue weighted by molar-refractivity contribution is 7.11. The molecule has 90 valence electrons. The van der Waals surface area contributed by atoms with Gasteiger partial charge in [0.15, 0.2) is 0 Å². The SMILES string of the molecule is Cc1nc(CNCC(C)C)sc1CC(=O)O. The summed E-state index contributed by atoms with van der Waals surface area (Å²) >= 11 is 1.49. The summed E-state index contributed by atoms with van der Waals surface area (Å²) in [5, 5.41) is 13.0. The summed E-state index contributed by atoms with van der Waals surface area (Å²) in [6.07, 6.45) is 0.0771. The summed E-state index contributed by atoms with van der Waals surface area (Å²) in [5.74, 6) is -0.187. The van der Waals surface area contributed by atoms with E-state index in [4.69, 9.17) is 5.11 Å². The van der Waals surface area contributed by atoms with Crippen LogP contribution in [0.25, 0.3) is 0 Å². The molecule has 0 saturated carbocycles. The van der Waals surface area contributed by atoms with Crippen molar-refractivity contribution in [2.24, 2.45) is 5.92 Å². The van der Waals surface area contributed by atoms with Crippen LogP contribution in [0, 0.1) is 12.8 Å². The van der Waals surface area contributed by atoms with E-state index in [-0.39, 0.29) is 6.42 Å². The Labute approximate surface area is 99.7 Å². The van der Waals surface area contributed by atoms with Crippen molar-refractivity contribution in [3.63, 3.8) is 0 Å². The van der Waals surface area contributed by atoms with E-state index >= 15 is 0 Å². The van der Waals surface area contributed by atoms with Crippen molar-refractivity contribution in [1.29, 1.82) is 0 Å². The molecule has 0 amide bonds. The van der Waals surface area contributed by atoms with Crippen molar-refractivity contribution in [1.82, 2.24) is 10.3 Å². The minimum atomic E-state index is -0.798. The van der Waals surface area contributed by atoms with Crippen molar-refractivity contribution in [2.45, 2.75) is 33.7 Å². The van der Waals surface area contributed by atoms with Gasteiger partial charge < -0.3 is 10.4 Å². The van der Waals surface area contributed by atoms with Crippen LogP contribution in [0.5, 0.6) is 0 Å². The van der Waals surface area contributed by atoms with E-state index in [1.54, 1.807) is 0 Å². The molecule has 0 unspecified atom stereocenters. The van der Waals surface area contributed by atoms with E-state index in [9.17, 15) is 4.79 Å². The molecule has 1 rings (SSSR count). The Hall–Kier alpha value is -0.940. The van der Waals surface area contributed by atoms with Gasteiger partial charge in [0.25, 0.3) is 0 Å². The standard InChI is InChI=1S/C11H18N2O2S/c1-7(2)5-12-6-10-13-8(3)9(16-10)4-11(14)15/h7,12H,4-6H2,1-3H3,(H,14,15). The highest BCUT2D eigenvalue weighted by Gasteiger charge is 2.10. The van der Waals surface area contributed by atoms with E-state index < -0.39 is 5.97 Å². The molecular weight excluding hydrogens is 224 g/mol. The second kappa shape index (κ2) is 5.96. The summed E-state index contributed by atoms with van der Waals surface area (Å²) in [6, 6.07) is 0. The van der Waals surface area contributed by atoms with E-state index in [0.29, 0.717) is 5.92 Å². The Morgan fingerprint density at radius 1 is 1.56 bits per heavy atom. The third kappa shape index (κ3) is 4.28. The molecule has 1 aromatic rings. The maximum absolute atomic E-state index is 10.6. The predicted molar refractivity (Wildman–Crippen MR) is 64.7 cm³/mol. The normalized spacial score (nSPS) is 11.0. The zero-order valence-corrected chi connectivity index (χ0v) is 10.7. The van der Waals surface area contributed by atoms with Gasteiger partial charge in [0.1, 0.15) is 5.01 Å². The molecule has 0 fully saturated rings. The average molecular weight is 242 g/mol. The van der Waals surface area contributed by atoms with Gasteiger partial charge in [-0.25, -0.2) is 4.98 Å². The van der Waals surface area contributed by atoms with Gasteiger partial charge in [-0.1, -0.05) is 13.8 Å². The number of carboxylic acid groups (broad SMARTS) is 1. The number of thiazole rings is 1. The molecule has 0 saturated heterocycles. The molecule has 0 radical (unpaired) electrons. The number of aryl methyl sites for hydroxylation is 1. The van der Waals surface area contributed by atoms with Crippen molar-refractivity contribution in [2.75, 3.05) is 6.54 Å². The number of hydrogen-bond acceptors (Lipinski definition) is 4. The van der Waals surface area contributed by atoms with E-state index in [1.807, 2.05) is 6.92 Å². The van der Waals surface area contributed by atoms with Gasteiger partial charge in [0.05, 0.1) is 12.1 Å². The van der Waals surface area contributed by atoms with Crippen molar-refractivity contribution >= 4 is 17.3 Å². The van der Waals surface area contributed by atoms with Crippen LogP contribution in [0.15, 0.2) is 0 Å². The molecule has 0 atom stereocenters. The molecule has 0 aliphatic carbocycles. The molecule has 4 nitrogen and oxygen atoms in total. The fourth-order valence-electron chi connectivity index (χ4n) is 1.33. The molecule has 2 N–H and O–H groups in total. The van der Waals surface area contributed by atoms with Crippen molar-refractivity contribution in [3.8, 4) is 0 Å². The predicted octanol–water partition coefficient (Wildman–Crippen LogP) is 1.82. The average Bonchev–Trinajstić information content (AvgIpc) is 2.45. The van der Waals surface area contributed by atoms with Crippen LogP contribution in [0.2, 0.25) is 0 Å². The summed E-state index contributed by atoms with van der Waals surface area (Å²) in [7, 11) is 0. The fourth-order valence-corrected chi connectivity index (χ4v) is 2.36. The minimum absolute atomic E-state index is 0.0771. The van der Waals surface area contributed by atoms with Crippen molar-refractivity contribution < 1.29 is 9.90 Å². The van der Waals surface area contributed by atoms with Crippen LogP contribution < -0.4 is 5.32 Å². The number of nitrogens with zero attached hydrogens (tertiary/aromatic N) is 1. The van der Waals surface area contributed by atoms with Crippen LogP contribution in [0.4, 0.5) is 0 Å². The topological polar surface area (TPSA) is 62.2 Å². The first-order valence-electron chi connectivity index (χ1n) is 5.36. The zero-order chi connectivity index (χ0) is 12.1. The molecule has 0 aliphatic rings. The largest absolute Gasteiger partial charge is 0.481 e. The molecule has 16 heavy (non-hydrogen) atoms. The Bertz CT molecular complexity index is 361. The Balaban J connectivity index is 2.52. The summed E-state index contributed by atoms with van der Waals surface area (Å²) < 4.78 is 0. The number of carbonyl (C=O) groups is 1. The van der Waals surface area contributed by atoms with Gasteiger partial charge in [-0.3, -0.25) is 4.79 Å². The Morgan fingerprint density at radius 3 is 2.81 bits per heavy atom.